The Kier molecular flexibility index (Phi) is 4.06. The Balaban J connectivity index is 2.59. The molecule has 8 heteroatoms. The predicted molar refractivity (Wildman–Crippen MR) is 76.1 cm³/mol. The summed E-state index contributed by atoms with van der Waals surface area (Å²) in [7, 11) is -8.72. The largest absolute Gasteiger partial charge is 0.514 e. The molecule has 2 rings (SSSR count). The monoisotopic (exact) mass is 323 g/mol. The Morgan fingerprint density at radius 3 is 1.33 bits per heavy atom. The van der Waals surface area contributed by atoms with Crippen LogP contribution in [0.5, 0.6) is 0 Å². The molecule has 0 aliphatic carbocycles. The van der Waals surface area contributed by atoms with Crippen LogP contribution < -0.4 is 0 Å². The van der Waals surface area contributed by atoms with Gasteiger partial charge in [-0.05, 0) is 24.3 Å². The molecule has 0 heterocycles. The van der Waals surface area contributed by atoms with Crippen LogP contribution >= 0.6 is 0 Å². The van der Waals surface area contributed by atoms with Gasteiger partial charge in [0, 0.05) is 0 Å². The van der Waals surface area contributed by atoms with E-state index < -0.39 is 24.4 Å². The van der Waals surface area contributed by atoms with Gasteiger partial charge in [-0.1, -0.05) is 36.4 Å². The second-order valence-corrected chi connectivity index (χ2v) is 8.45. The summed E-state index contributed by atoms with van der Waals surface area (Å²) in [5.74, 6) is 0. The van der Waals surface area contributed by atoms with Crippen LogP contribution in [0, 0.1) is 5.39 Å². The summed E-state index contributed by atoms with van der Waals surface area (Å²) < 4.78 is 47.1. The summed E-state index contributed by atoms with van der Waals surface area (Å²) in [4.78, 5) is 2.15. The molecule has 0 saturated heterocycles. The number of rotatable bonds is 4. The highest BCUT2D eigenvalue weighted by molar-refractivity contribution is 8.09. The molecule has 0 aliphatic heterocycles. The molecule has 0 aromatic heterocycles. The van der Waals surface area contributed by atoms with Gasteiger partial charge in [-0.2, -0.15) is 0 Å². The number of diazo groups is 1. The van der Waals surface area contributed by atoms with E-state index in [1.54, 1.807) is 12.1 Å². The van der Waals surface area contributed by atoms with Crippen LogP contribution in [-0.2, 0) is 19.7 Å². The zero-order chi connectivity index (χ0) is 15.5. The third-order valence-electron chi connectivity index (χ3n) is 2.77. The first-order chi connectivity index (χ1) is 9.90. The quantitative estimate of drug-likeness (QED) is 0.802. The number of benzene rings is 2. The van der Waals surface area contributed by atoms with Crippen molar-refractivity contribution in [2.24, 2.45) is 0 Å². The van der Waals surface area contributed by atoms with Crippen LogP contribution in [-0.4, -0.2) is 21.5 Å². The smallest absolute Gasteiger partial charge is 0.214 e. The second kappa shape index (κ2) is 5.63. The molecule has 0 spiro atoms. The fourth-order valence-corrected chi connectivity index (χ4v) is 5.53. The summed E-state index contributed by atoms with van der Waals surface area (Å²) in [5, 5.41) is 8.99. The van der Waals surface area contributed by atoms with Crippen LogP contribution in [0.25, 0.3) is 4.98 Å². The molecule has 0 unspecified atom stereocenters. The molecule has 0 fully saturated rings. The molecule has 0 bridgehead atoms. The highest BCUT2D eigenvalue weighted by Crippen LogP contribution is 2.26. The van der Waals surface area contributed by atoms with Gasteiger partial charge in [0.05, 0.1) is 9.79 Å². The molecule has 21 heavy (non-hydrogen) atoms. The van der Waals surface area contributed by atoms with Crippen molar-refractivity contribution in [3.8, 4) is 0 Å². The number of hydrogen-bond donors (Lipinski definition) is 0. The van der Waals surface area contributed by atoms with Crippen molar-refractivity contribution < 1.29 is 16.8 Å². The lowest BCUT2D eigenvalue weighted by atomic mass is 10.4. The van der Waals surface area contributed by atoms with Crippen molar-refractivity contribution in [3.05, 3.63) is 65.6 Å². The average Bonchev–Trinajstić information content (AvgIpc) is 2.49. The summed E-state index contributed by atoms with van der Waals surface area (Å²) >= 11 is 0. The van der Waals surface area contributed by atoms with Gasteiger partial charge in [0.1, 0.15) is 0 Å². The summed E-state index contributed by atoms with van der Waals surface area (Å²) in [5.41, 5.74) is 0. The molecule has 2 aromatic carbocycles. The number of nitrogens with zero attached hydrogens (tertiary/aromatic N) is 2. The lowest BCUT2D eigenvalue weighted by Crippen LogP contribution is -2.27. The maximum atomic E-state index is 12.4. The van der Waals surface area contributed by atoms with Crippen molar-refractivity contribution >= 4 is 19.7 Å². The lowest BCUT2D eigenvalue weighted by Gasteiger charge is -2.04. The van der Waals surface area contributed by atoms with E-state index in [4.69, 9.17) is 5.39 Å². The van der Waals surface area contributed by atoms with Gasteiger partial charge in [0.15, 0.2) is 4.98 Å². The van der Waals surface area contributed by atoms with E-state index in [-0.39, 0.29) is 9.79 Å². The fraction of sp³-hybridized carbons (Fsp3) is 0.0769. The standard InChI is InChI=1S/C13H11N2O4S2/c14-15-13(20(16,17)11-7-3-1-4-8-11)21(18,19)12-9-5-2-6-10-12/h1-10,13H/q+1. The molecule has 2 aromatic rings. The van der Waals surface area contributed by atoms with Crippen LogP contribution in [0.4, 0.5) is 0 Å². The Morgan fingerprint density at radius 2 is 1.05 bits per heavy atom. The van der Waals surface area contributed by atoms with E-state index in [1.807, 2.05) is 0 Å². The molecule has 0 radical (unpaired) electrons. The maximum absolute atomic E-state index is 12.4. The van der Waals surface area contributed by atoms with E-state index >= 15 is 0 Å². The van der Waals surface area contributed by atoms with Crippen molar-refractivity contribution in [3.63, 3.8) is 0 Å². The highest BCUT2D eigenvalue weighted by atomic mass is 32.3. The van der Waals surface area contributed by atoms with Gasteiger partial charge >= 0.3 is 4.71 Å². The molecule has 0 aliphatic rings. The Bertz CT molecular complexity index is 801. The van der Waals surface area contributed by atoms with Crippen LogP contribution in [0.15, 0.2) is 70.5 Å². The van der Waals surface area contributed by atoms with Gasteiger partial charge in [0.25, 0.3) is 19.7 Å². The van der Waals surface area contributed by atoms with E-state index in [0.29, 0.717) is 0 Å². The zero-order valence-electron chi connectivity index (χ0n) is 10.7. The van der Waals surface area contributed by atoms with Gasteiger partial charge in [-0.3, -0.25) is 0 Å². The van der Waals surface area contributed by atoms with Crippen molar-refractivity contribution in [2.45, 2.75) is 14.5 Å². The van der Waals surface area contributed by atoms with Crippen molar-refractivity contribution in [2.75, 3.05) is 0 Å². The molecule has 0 amide bonds. The van der Waals surface area contributed by atoms with Gasteiger partial charge in [0.2, 0.25) is 5.39 Å². The summed E-state index contributed by atoms with van der Waals surface area (Å²) in [6, 6.07) is 14.0. The van der Waals surface area contributed by atoms with E-state index in [9.17, 15) is 16.8 Å². The first-order valence-corrected chi connectivity index (χ1v) is 8.92. The average molecular weight is 323 g/mol. The Hall–Kier alpha value is -2.24. The minimum Gasteiger partial charge on any atom is -0.214 e. The van der Waals surface area contributed by atoms with Crippen molar-refractivity contribution in [1.29, 1.82) is 5.39 Å². The number of sulfone groups is 2. The minimum absolute atomic E-state index is 0.229. The summed E-state index contributed by atoms with van der Waals surface area (Å²) in [6.45, 7) is 0. The second-order valence-electron chi connectivity index (χ2n) is 4.14. The van der Waals surface area contributed by atoms with E-state index in [0.717, 1.165) is 0 Å². The molecular formula is C13H11N2O4S2+. The molecular weight excluding hydrogens is 312 g/mol. The lowest BCUT2D eigenvalue weighted by molar-refractivity contribution is 0.581. The molecule has 0 N–H and O–H groups in total. The predicted octanol–water partition coefficient (Wildman–Crippen LogP) is 2.07. The number of hydrogen-bond acceptors (Lipinski definition) is 5. The van der Waals surface area contributed by atoms with Crippen molar-refractivity contribution in [1.82, 2.24) is 0 Å². The topological polar surface area (TPSA) is 96.4 Å². The molecule has 6 nitrogen and oxygen atoms in total. The third kappa shape index (κ3) is 2.79. The Morgan fingerprint density at radius 1 is 0.714 bits per heavy atom. The minimum atomic E-state index is -4.36. The van der Waals surface area contributed by atoms with Gasteiger partial charge in [-0.15, -0.1) is 0 Å². The summed E-state index contributed by atoms with van der Waals surface area (Å²) in [6.07, 6.45) is 0. The zero-order valence-corrected chi connectivity index (χ0v) is 12.3. The van der Waals surface area contributed by atoms with E-state index in [2.05, 4.69) is 4.98 Å². The fourth-order valence-electron chi connectivity index (χ4n) is 1.74. The maximum Gasteiger partial charge on any atom is 0.514 e. The first-order valence-electron chi connectivity index (χ1n) is 5.83. The van der Waals surface area contributed by atoms with Gasteiger partial charge < -0.3 is 0 Å². The van der Waals surface area contributed by atoms with E-state index in [1.165, 1.54) is 48.5 Å². The Labute approximate surface area is 122 Å². The van der Waals surface area contributed by atoms with Crippen LogP contribution in [0.2, 0.25) is 0 Å². The van der Waals surface area contributed by atoms with Gasteiger partial charge in [-0.25, -0.2) is 16.8 Å². The normalized spacial score (nSPS) is 12.0. The molecule has 0 atom stereocenters. The SMILES string of the molecule is N#[N+]C(S(=O)(=O)c1ccccc1)S(=O)(=O)c1ccccc1. The highest BCUT2D eigenvalue weighted by Gasteiger charge is 2.51. The molecule has 0 saturated carbocycles. The molecule has 108 valence electrons. The van der Waals surface area contributed by atoms with Crippen LogP contribution in [0.3, 0.4) is 0 Å². The first kappa shape index (κ1) is 15.2. The van der Waals surface area contributed by atoms with Crippen LogP contribution in [0.1, 0.15) is 0 Å². The third-order valence-corrected chi connectivity index (χ3v) is 7.40.